The fourth-order valence-corrected chi connectivity index (χ4v) is 5.30. The van der Waals surface area contributed by atoms with Crippen molar-refractivity contribution >= 4 is 28.7 Å². The number of rotatable bonds is 5. The van der Waals surface area contributed by atoms with Gasteiger partial charge in [0.2, 0.25) is 0 Å². The van der Waals surface area contributed by atoms with E-state index in [0.717, 1.165) is 34.0 Å². The lowest BCUT2D eigenvalue weighted by Crippen LogP contribution is -2.30. The van der Waals surface area contributed by atoms with Crippen molar-refractivity contribution in [1.82, 2.24) is 14.9 Å². The summed E-state index contributed by atoms with van der Waals surface area (Å²) in [5.74, 6) is -0.309. The van der Waals surface area contributed by atoms with Crippen molar-refractivity contribution in [2.24, 2.45) is 0 Å². The molecule has 0 saturated carbocycles. The lowest BCUT2D eigenvalue weighted by atomic mass is 9.96. The van der Waals surface area contributed by atoms with Crippen molar-refractivity contribution in [2.45, 2.75) is 25.9 Å². The Balaban J connectivity index is 1.66. The summed E-state index contributed by atoms with van der Waals surface area (Å²) in [7, 11) is 4.06. The molecule has 0 aliphatic carbocycles. The van der Waals surface area contributed by atoms with Crippen molar-refractivity contribution in [1.29, 1.82) is 0 Å². The topological polar surface area (TPSA) is 36.3 Å². The second-order valence-corrected chi connectivity index (χ2v) is 9.41. The molecule has 1 aliphatic heterocycles. The standard InChI is InChI=1S/C28H28FN5S/c1-18-17-22(19(2)33(18)21-14-12-20(13-15-21)32(3)4)27-26(24-10-7-8-16-30-24)31-28(35)34(27)25-11-6-5-9-23(25)29/h5-17,26-27H,1-4H3,(H,31,35)/t26-,27+/m0/s1. The molecule has 178 valence electrons. The molecule has 1 fully saturated rings. The van der Waals surface area contributed by atoms with Gasteiger partial charge in [-0.2, -0.15) is 0 Å². The van der Waals surface area contributed by atoms with E-state index in [1.54, 1.807) is 18.3 Å². The van der Waals surface area contributed by atoms with Crippen LogP contribution in [0.15, 0.2) is 79.0 Å². The van der Waals surface area contributed by atoms with E-state index in [2.05, 4.69) is 63.9 Å². The number of aromatic nitrogens is 2. The molecule has 1 saturated heterocycles. The molecule has 1 aliphatic rings. The Bertz CT molecular complexity index is 1360. The summed E-state index contributed by atoms with van der Waals surface area (Å²) in [6, 6.07) is 22.8. The molecule has 2 aromatic heterocycles. The van der Waals surface area contributed by atoms with E-state index in [0.29, 0.717) is 10.8 Å². The summed E-state index contributed by atoms with van der Waals surface area (Å²) in [6.07, 6.45) is 1.78. The zero-order chi connectivity index (χ0) is 24.7. The van der Waals surface area contributed by atoms with Crippen LogP contribution in [-0.4, -0.2) is 28.8 Å². The largest absolute Gasteiger partial charge is 0.378 e. The van der Waals surface area contributed by atoms with Crippen LogP contribution in [0.1, 0.15) is 34.7 Å². The van der Waals surface area contributed by atoms with Crippen LogP contribution in [-0.2, 0) is 0 Å². The van der Waals surface area contributed by atoms with Crippen LogP contribution in [0.2, 0.25) is 0 Å². The van der Waals surface area contributed by atoms with Crippen LogP contribution in [0.5, 0.6) is 0 Å². The molecule has 5 nitrogen and oxygen atoms in total. The fourth-order valence-electron chi connectivity index (χ4n) is 4.96. The summed E-state index contributed by atoms with van der Waals surface area (Å²) >= 11 is 5.76. The first-order valence-electron chi connectivity index (χ1n) is 11.6. The summed E-state index contributed by atoms with van der Waals surface area (Å²) in [4.78, 5) is 8.59. The second-order valence-electron chi connectivity index (χ2n) is 9.02. The van der Waals surface area contributed by atoms with Gasteiger partial charge in [0, 0.05) is 43.1 Å². The van der Waals surface area contributed by atoms with Gasteiger partial charge in [-0.25, -0.2) is 4.39 Å². The third-order valence-corrected chi connectivity index (χ3v) is 6.94. The van der Waals surface area contributed by atoms with E-state index in [1.807, 2.05) is 43.3 Å². The molecule has 0 unspecified atom stereocenters. The maximum absolute atomic E-state index is 15.0. The van der Waals surface area contributed by atoms with Gasteiger partial charge in [-0.3, -0.25) is 4.98 Å². The Morgan fingerprint density at radius 1 is 0.971 bits per heavy atom. The predicted octanol–water partition coefficient (Wildman–Crippen LogP) is 5.87. The number of hydrogen-bond acceptors (Lipinski definition) is 3. The number of hydrogen-bond donors (Lipinski definition) is 1. The maximum Gasteiger partial charge on any atom is 0.174 e. The molecule has 0 amide bonds. The Hall–Kier alpha value is -3.71. The van der Waals surface area contributed by atoms with Crippen molar-refractivity contribution in [3.63, 3.8) is 0 Å². The number of nitrogens with zero attached hydrogens (tertiary/aromatic N) is 4. The highest BCUT2D eigenvalue weighted by molar-refractivity contribution is 7.80. The van der Waals surface area contributed by atoms with Gasteiger partial charge in [0.1, 0.15) is 5.82 Å². The number of halogens is 1. The smallest absolute Gasteiger partial charge is 0.174 e. The maximum atomic E-state index is 15.0. The number of thiocarbonyl (C=S) groups is 1. The van der Waals surface area contributed by atoms with Crippen molar-refractivity contribution in [2.75, 3.05) is 23.9 Å². The van der Waals surface area contributed by atoms with Crippen LogP contribution >= 0.6 is 12.2 Å². The Morgan fingerprint density at radius 3 is 2.34 bits per heavy atom. The molecule has 7 heteroatoms. The molecule has 4 aromatic rings. The molecular weight excluding hydrogens is 457 g/mol. The molecule has 0 radical (unpaired) electrons. The van der Waals surface area contributed by atoms with E-state index in [1.165, 1.54) is 6.07 Å². The highest BCUT2D eigenvalue weighted by atomic mass is 32.1. The van der Waals surface area contributed by atoms with E-state index < -0.39 is 0 Å². The van der Waals surface area contributed by atoms with Gasteiger partial charge in [0.15, 0.2) is 5.11 Å². The minimum Gasteiger partial charge on any atom is -0.378 e. The number of nitrogens with one attached hydrogen (secondary N) is 1. The van der Waals surface area contributed by atoms with E-state index in [4.69, 9.17) is 12.2 Å². The SMILES string of the molecule is Cc1cc([C@@H]2[C@H](c3ccccn3)NC(=S)N2c2ccccc2F)c(C)n1-c1ccc(N(C)C)cc1. The lowest BCUT2D eigenvalue weighted by molar-refractivity contribution is 0.556. The molecule has 0 spiro atoms. The first-order valence-corrected chi connectivity index (χ1v) is 12.0. The van der Waals surface area contributed by atoms with Gasteiger partial charge < -0.3 is 19.7 Å². The molecule has 2 atom stereocenters. The first kappa shape index (κ1) is 23.1. The first-order chi connectivity index (χ1) is 16.9. The molecule has 5 rings (SSSR count). The van der Waals surface area contributed by atoms with Crippen LogP contribution in [0.25, 0.3) is 5.69 Å². The van der Waals surface area contributed by atoms with Gasteiger partial charge in [0.25, 0.3) is 0 Å². The number of anilines is 2. The van der Waals surface area contributed by atoms with Gasteiger partial charge in [-0.15, -0.1) is 0 Å². The van der Waals surface area contributed by atoms with Crippen LogP contribution in [0.3, 0.4) is 0 Å². The molecule has 35 heavy (non-hydrogen) atoms. The quantitative estimate of drug-likeness (QED) is 0.358. The van der Waals surface area contributed by atoms with Crippen LogP contribution in [0, 0.1) is 19.7 Å². The monoisotopic (exact) mass is 485 g/mol. The van der Waals surface area contributed by atoms with Crippen molar-refractivity contribution in [3.8, 4) is 5.69 Å². The van der Waals surface area contributed by atoms with E-state index in [-0.39, 0.29) is 17.9 Å². The Labute approximate surface area is 210 Å². The minimum atomic E-state index is -0.309. The minimum absolute atomic E-state index is 0.228. The predicted molar refractivity (Wildman–Crippen MR) is 144 cm³/mol. The summed E-state index contributed by atoms with van der Waals surface area (Å²) in [6.45, 7) is 4.21. The van der Waals surface area contributed by atoms with E-state index in [9.17, 15) is 0 Å². The van der Waals surface area contributed by atoms with Crippen molar-refractivity contribution < 1.29 is 4.39 Å². The second kappa shape index (κ2) is 9.15. The number of benzene rings is 2. The average molecular weight is 486 g/mol. The highest BCUT2D eigenvalue weighted by Crippen LogP contribution is 2.44. The summed E-state index contributed by atoms with van der Waals surface area (Å²) < 4.78 is 17.3. The molecule has 0 bridgehead atoms. The van der Waals surface area contributed by atoms with Crippen molar-refractivity contribution in [3.05, 3.63) is 107 Å². The Morgan fingerprint density at radius 2 is 1.69 bits per heavy atom. The fraction of sp³-hybridized carbons (Fsp3) is 0.214. The summed E-state index contributed by atoms with van der Waals surface area (Å²) in [5.41, 5.74) is 6.79. The normalized spacial score (nSPS) is 17.5. The van der Waals surface area contributed by atoms with E-state index >= 15 is 4.39 Å². The van der Waals surface area contributed by atoms with Crippen LogP contribution < -0.4 is 15.1 Å². The van der Waals surface area contributed by atoms with Gasteiger partial charge in [-0.05, 0) is 86.2 Å². The Kier molecular flexibility index (Phi) is 6.03. The van der Waals surface area contributed by atoms with Gasteiger partial charge in [0.05, 0.1) is 23.5 Å². The zero-order valence-corrected chi connectivity index (χ0v) is 21.1. The molecule has 1 N–H and O–H groups in total. The van der Waals surface area contributed by atoms with Gasteiger partial charge >= 0.3 is 0 Å². The number of aryl methyl sites for hydroxylation is 1. The number of para-hydroxylation sites is 1. The zero-order valence-electron chi connectivity index (χ0n) is 20.2. The van der Waals surface area contributed by atoms with Crippen LogP contribution in [0.4, 0.5) is 15.8 Å². The third kappa shape index (κ3) is 4.06. The third-order valence-electron chi connectivity index (χ3n) is 6.62. The molecule has 3 heterocycles. The molecular formula is C28H28FN5S. The summed E-state index contributed by atoms with van der Waals surface area (Å²) in [5, 5.41) is 3.91. The van der Waals surface area contributed by atoms with Gasteiger partial charge in [-0.1, -0.05) is 18.2 Å². The lowest BCUT2D eigenvalue weighted by Gasteiger charge is -2.28. The molecule has 2 aromatic carbocycles. The highest BCUT2D eigenvalue weighted by Gasteiger charge is 2.43. The average Bonchev–Trinajstić information content (AvgIpc) is 3.35. The number of pyridine rings is 1.